The Labute approximate surface area is 142 Å². The van der Waals surface area contributed by atoms with Crippen LogP contribution in [0.2, 0.25) is 0 Å². The van der Waals surface area contributed by atoms with E-state index in [4.69, 9.17) is 0 Å². The van der Waals surface area contributed by atoms with Gasteiger partial charge in [0.1, 0.15) is 0 Å². The monoisotopic (exact) mass is 327 g/mol. The van der Waals surface area contributed by atoms with Crippen LogP contribution < -0.4 is 5.32 Å². The van der Waals surface area contributed by atoms with Crippen molar-refractivity contribution in [1.82, 2.24) is 25.0 Å². The molecule has 0 atom stereocenters. The van der Waals surface area contributed by atoms with Gasteiger partial charge in [-0.25, -0.2) is 0 Å². The zero-order valence-electron chi connectivity index (χ0n) is 14.7. The predicted molar refractivity (Wildman–Crippen MR) is 92.2 cm³/mol. The second-order valence-electron chi connectivity index (χ2n) is 6.47. The van der Waals surface area contributed by atoms with Crippen molar-refractivity contribution in [2.45, 2.75) is 53.4 Å². The van der Waals surface area contributed by atoms with Crippen LogP contribution in [0.1, 0.15) is 41.6 Å². The molecule has 0 aliphatic carbocycles. The van der Waals surface area contributed by atoms with Crippen LogP contribution >= 0.6 is 0 Å². The summed E-state index contributed by atoms with van der Waals surface area (Å²) in [6.07, 6.45) is 2.44. The Morgan fingerprint density at radius 1 is 1.29 bits per heavy atom. The second-order valence-corrected chi connectivity index (χ2v) is 6.47. The van der Waals surface area contributed by atoms with E-state index >= 15 is 0 Å². The molecule has 2 aromatic heterocycles. The van der Waals surface area contributed by atoms with E-state index in [1.807, 2.05) is 13.1 Å². The van der Waals surface area contributed by atoms with E-state index in [1.54, 1.807) is 0 Å². The summed E-state index contributed by atoms with van der Waals surface area (Å²) in [6, 6.07) is 4.28. The van der Waals surface area contributed by atoms with Gasteiger partial charge in [-0.3, -0.25) is 19.4 Å². The highest BCUT2D eigenvalue weighted by Crippen LogP contribution is 2.17. The lowest BCUT2D eigenvalue weighted by molar-refractivity contribution is -0.120. The van der Waals surface area contributed by atoms with Crippen LogP contribution in [-0.4, -0.2) is 32.1 Å². The molecular weight excluding hydrogens is 302 g/mol. The van der Waals surface area contributed by atoms with Crippen molar-refractivity contribution in [2.24, 2.45) is 0 Å². The van der Waals surface area contributed by atoms with Gasteiger partial charge >= 0.3 is 0 Å². The number of pyridine rings is 1. The van der Waals surface area contributed by atoms with Crippen molar-refractivity contribution in [3.8, 4) is 0 Å². The molecule has 1 amide bonds. The third-order valence-corrected chi connectivity index (χ3v) is 4.41. The smallest absolute Gasteiger partial charge is 0.220 e. The van der Waals surface area contributed by atoms with Crippen LogP contribution in [0.15, 0.2) is 18.3 Å². The highest BCUT2D eigenvalue weighted by molar-refractivity contribution is 5.75. The van der Waals surface area contributed by atoms with Gasteiger partial charge < -0.3 is 5.32 Å². The van der Waals surface area contributed by atoms with Crippen LogP contribution in [0.4, 0.5) is 0 Å². The number of nitrogens with zero attached hydrogens (tertiary/aromatic N) is 4. The molecule has 6 heteroatoms. The van der Waals surface area contributed by atoms with Crippen LogP contribution in [0, 0.1) is 13.8 Å². The SMILES string of the molecule is CCC(=O)NCc1cc2n(n1)CCN(Cc1ncc(C)cc1C)C2. The van der Waals surface area contributed by atoms with Gasteiger partial charge in [-0.05, 0) is 31.0 Å². The molecule has 3 rings (SSSR count). The Morgan fingerprint density at radius 3 is 2.88 bits per heavy atom. The summed E-state index contributed by atoms with van der Waals surface area (Å²) in [4.78, 5) is 18.4. The van der Waals surface area contributed by atoms with Gasteiger partial charge in [0.2, 0.25) is 5.91 Å². The maximum absolute atomic E-state index is 11.4. The number of rotatable bonds is 5. The molecule has 0 radical (unpaired) electrons. The molecule has 0 fully saturated rings. The molecule has 0 spiro atoms. The Hall–Kier alpha value is -2.21. The molecule has 128 valence electrons. The Kier molecular flexibility index (Phi) is 4.94. The average Bonchev–Trinajstić information content (AvgIpc) is 2.97. The van der Waals surface area contributed by atoms with E-state index < -0.39 is 0 Å². The summed E-state index contributed by atoms with van der Waals surface area (Å²) in [6.45, 7) is 10.1. The molecule has 6 nitrogen and oxygen atoms in total. The fourth-order valence-corrected chi connectivity index (χ4v) is 3.04. The van der Waals surface area contributed by atoms with E-state index in [1.165, 1.54) is 16.8 Å². The maximum atomic E-state index is 11.4. The van der Waals surface area contributed by atoms with Crippen LogP contribution in [-0.2, 0) is 31.0 Å². The summed E-state index contributed by atoms with van der Waals surface area (Å²) >= 11 is 0. The van der Waals surface area contributed by atoms with Crippen molar-refractivity contribution >= 4 is 5.91 Å². The van der Waals surface area contributed by atoms with Crippen LogP contribution in [0.5, 0.6) is 0 Å². The van der Waals surface area contributed by atoms with Gasteiger partial charge in [0.15, 0.2) is 0 Å². The number of aryl methyl sites for hydroxylation is 2. The summed E-state index contributed by atoms with van der Waals surface area (Å²) < 4.78 is 2.05. The zero-order valence-corrected chi connectivity index (χ0v) is 14.7. The number of hydrogen-bond acceptors (Lipinski definition) is 4. The van der Waals surface area contributed by atoms with Gasteiger partial charge in [-0.15, -0.1) is 0 Å². The largest absolute Gasteiger partial charge is 0.350 e. The lowest BCUT2D eigenvalue weighted by Crippen LogP contribution is -2.33. The van der Waals surface area contributed by atoms with Crippen LogP contribution in [0.3, 0.4) is 0 Å². The molecule has 0 bridgehead atoms. The third kappa shape index (κ3) is 3.82. The molecule has 1 aliphatic heterocycles. The lowest BCUT2D eigenvalue weighted by atomic mass is 10.1. The molecule has 0 unspecified atom stereocenters. The van der Waals surface area contributed by atoms with E-state index in [0.717, 1.165) is 37.6 Å². The van der Waals surface area contributed by atoms with Crippen molar-refractivity contribution in [2.75, 3.05) is 6.54 Å². The molecule has 24 heavy (non-hydrogen) atoms. The Morgan fingerprint density at radius 2 is 2.12 bits per heavy atom. The summed E-state index contributed by atoms with van der Waals surface area (Å²) in [5, 5.41) is 7.47. The molecular formula is C18H25N5O. The number of carbonyl (C=O) groups excluding carboxylic acids is 1. The Balaban J connectivity index is 1.63. The minimum absolute atomic E-state index is 0.0588. The van der Waals surface area contributed by atoms with Gasteiger partial charge in [-0.2, -0.15) is 5.10 Å². The quantitative estimate of drug-likeness (QED) is 0.911. The highest BCUT2D eigenvalue weighted by Gasteiger charge is 2.19. The van der Waals surface area contributed by atoms with Gasteiger partial charge in [0.05, 0.1) is 30.2 Å². The summed E-state index contributed by atoms with van der Waals surface area (Å²) in [7, 11) is 0. The molecule has 1 N–H and O–H groups in total. The molecule has 3 heterocycles. The number of carbonyl (C=O) groups is 1. The topological polar surface area (TPSA) is 63.1 Å². The molecule has 0 saturated carbocycles. The first-order valence-corrected chi connectivity index (χ1v) is 8.52. The third-order valence-electron chi connectivity index (χ3n) is 4.41. The normalized spacial score (nSPS) is 14.5. The Bertz CT molecular complexity index is 737. The van der Waals surface area contributed by atoms with E-state index in [9.17, 15) is 4.79 Å². The fraction of sp³-hybridized carbons (Fsp3) is 0.500. The first-order valence-electron chi connectivity index (χ1n) is 8.52. The fourth-order valence-electron chi connectivity index (χ4n) is 3.04. The molecule has 1 aliphatic rings. The van der Waals surface area contributed by atoms with Crippen molar-refractivity contribution in [3.05, 3.63) is 46.5 Å². The predicted octanol–water partition coefficient (Wildman–Crippen LogP) is 1.94. The van der Waals surface area contributed by atoms with Gasteiger partial charge in [0, 0.05) is 32.3 Å². The number of nitrogens with one attached hydrogen (secondary N) is 1. The first-order chi connectivity index (χ1) is 11.5. The standard InChI is InChI=1S/C18H25N5O/c1-4-18(24)20-10-15-8-16-11-22(5-6-23(16)21-15)12-17-14(3)7-13(2)9-19-17/h7-9H,4-6,10-12H2,1-3H3,(H,20,24). The summed E-state index contributed by atoms with van der Waals surface area (Å²) in [5.41, 5.74) is 5.72. The van der Waals surface area contributed by atoms with E-state index in [-0.39, 0.29) is 5.91 Å². The van der Waals surface area contributed by atoms with Crippen molar-refractivity contribution in [3.63, 3.8) is 0 Å². The molecule has 2 aromatic rings. The van der Waals surface area contributed by atoms with E-state index in [2.05, 4.69) is 51.0 Å². The molecule has 0 aromatic carbocycles. The number of fused-ring (bicyclic) bond motifs is 1. The maximum Gasteiger partial charge on any atom is 0.220 e. The number of aromatic nitrogens is 3. The second kappa shape index (κ2) is 7.13. The van der Waals surface area contributed by atoms with Crippen molar-refractivity contribution in [1.29, 1.82) is 0 Å². The van der Waals surface area contributed by atoms with E-state index in [0.29, 0.717) is 13.0 Å². The average molecular weight is 327 g/mol. The van der Waals surface area contributed by atoms with Crippen LogP contribution in [0.25, 0.3) is 0 Å². The summed E-state index contributed by atoms with van der Waals surface area (Å²) in [5.74, 6) is 0.0588. The zero-order chi connectivity index (χ0) is 17.1. The van der Waals surface area contributed by atoms with Crippen molar-refractivity contribution < 1.29 is 4.79 Å². The number of hydrogen-bond donors (Lipinski definition) is 1. The van der Waals surface area contributed by atoms with Gasteiger partial charge in [-0.1, -0.05) is 13.0 Å². The minimum atomic E-state index is 0.0588. The minimum Gasteiger partial charge on any atom is -0.350 e. The first kappa shape index (κ1) is 16.6. The number of amides is 1. The highest BCUT2D eigenvalue weighted by atomic mass is 16.1. The molecule has 0 saturated heterocycles. The van der Waals surface area contributed by atoms with Gasteiger partial charge in [0.25, 0.3) is 0 Å². The lowest BCUT2D eigenvalue weighted by Gasteiger charge is -2.27.